The summed E-state index contributed by atoms with van der Waals surface area (Å²) in [6.45, 7) is 4.15. The van der Waals surface area contributed by atoms with Crippen LogP contribution in [0.5, 0.6) is 11.5 Å². The molecule has 1 aromatic carbocycles. The largest absolute Gasteiger partial charge is 0.486 e. The van der Waals surface area contributed by atoms with Crippen molar-refractivity contribution < 1.29 is 19.1 Å². The van der Waals surface area contributed by atoms with E-state index in [-0.39, 0.29) is 24.4 Å². The van der Waals surface area contributed by atoms with Crippen LogP contribution in [0.2, 0.25) is 0 Å². The summed E-state index contributed by atoms with van der Waals surface area (Å²) in [5.74, 6) is 1.23. The fourth-order valence-electron chi connectivity index (χ4n) is 3.10. The Morgan fingerprint density at radius 2 is 2.14 bits per heavy atom. The summed E-state index contributed by atoms with van der Waals surface area (Å²) in [7, 11) is 0. The molecule has 4 rings (SSSR count). The minimum atomic E-state index is -0.222. The molecular formula is C18H19BrN4O4S. The number of thiazole rings is 1. The van der Waals surface area contributed by atoms with Gasteiger partial charge in [-0.1, -0.05) is 15.9 Å². The van der Waals surface area contributed by atoms with Crippen LogP contribution in [0, 0.1) is 0 Å². The Balaban J connectivity index is 1.40. The third-order valence-electron chi connectivity index (χ3n) is 4.47. The van der Waals surface area contributed by atoms with E-state index in [1.807, 2.05) is 24.4 Å². The van der Waals surface area contributed by atoms with E-state index >= 15 is 0 Å². The van der Waals surface area contributed by atoms with Gasteiger partial charge in [-0.3, -0.25) is 9.69 Å². The van der Waals surface area contributed by atoms with Gasteiger partial charge in [0, 0.05) is 22.9 Å². The number of halogens is 1. The molecule has 1 atom stereocenters. The number of aromatic nitrogens is 1. The Bertz CT molecular complexity index is 919. The third-order valence-corrected chi connectivity index (χ3v) is 6.07. The van der Waals surface area contributed by atoms with Crippen molar-refractivity contribution in [1.82, 2.24) is 15.6 Å². The average Bonchev–Trinajstić information content (AvgIpc) is 3.29. The maximum atomic E-state index is 12.5. The van der Waals surface area contributed by atoms with Gasteiger partial charge in [-0.25, -0.2) is 9.78 Å². The highest BCUT2D eigenvalue weighted by Crippen LogP contribution is 2.37. The van der Waals surface area contributed by atoms with Gasteiger partial charge in [0.2, 0.25) is 5.91 Å². The quantitative estimate of drug-likeness (QED) is 0.706. The topological polar surface area (TPSA) is 92.8 Å². The second-order valence-corrected chi connectivity index (χ2v) is 8.18. The highest BCUT2D eigenvalue weighted by molar-refractivity contribution is 9.10. The Hall–Kier alpha value is -2.33. The lowest BCUT2D eigenvalue weighted by molar-refractivity contribution is -0.121. The van der Waals surface area contributed by atoms with E-state index < -0.39 is 0 Å². The van der Waals surface area contributed by atoms with Crippen molar-refractivity contribution in [3.63, 3.8) is 0 Å². The number of hydrogen-bond donors (Lipinski definition) is 2. The summed E-state index contributed by atoms with van der Waals surface area (Å²) in [6, 6.07) is 3.37. The van der Waals surface area contributed by atoms with Crippen molar-refractivity contribution in [3.05, 3.63) is 33.2 Å². The number of carbonyl (C=O) groups is 2. The number of fused-ring (bicyclic) bond motifs is 1. The van der Waals surface area contributed by atoms with Crippen molar-refractivity contribution in [2.75, 3.05) is 31.2 Å². The molecule has 1 fully saturated rings. The molecular weight excluding hydrogens is 448 g/mol. The molecule has 10 heteroatoms. The van der Waals surface area contributed by atoms with Crippen LogP contribution in [0.3, 0.4) is 0 Å². The number of nitrogens with zero attached hydrogens (tertiary/aromatic N) is 2. The van der Waals surface area contributed by atoms with Crippen molar-refractivity contribution in [3.8, 4) is 11.5 Å². The number of rotatable bonds is 5. The van der Waals surface area contributed by atoms with Gasteiger partial charge in [-0.05, 0) is 24.6 Å². The zero-order valence-corrected chi connectivity index (χ0v) is 17.6. The van der Waals surface area contributed by atoms with Crippen LogP contribution < -0.4 is 25.0 Å². The molecule has 0 spiro atoms. The van der Waals surface area contributed by atoms with Gasteiger partial charge in [0.15, 0.2) is 16.6 Å². The van der Waals surface area contributed by atoms with Crippen LogP contribution in [0.4, 0.5) is 9.93 Å². The van der Waals surface area contributed by atoms with E-state index in [2.05, 4.69) is 31.5 Å². The molecule has 3 heterocycles. The van der Waals surface area contributed by atoms with Crippen molar-refractivity contribution in [2.45, 2.75) is 19.4 Å². The first kappa shape index (κ1) is 19.0. The summed E-state index contributed by atoms with van der Waals surface area (Å²) < 4.78 is 12.0. The normalized spacial score (nSPS) is 16.6. The van der Waals surface area contributed by atoms with E-state index in [4.69, 9.17) is 9.47 Å². The minimum absolute atomic E-state index is 0.142. The second-order valence-electron chi connectivity index (χ2n) is 6.49. The first-order valence-electron chi connectivity index (χ1n) is 8.89. The van der Waals surface area contributed by atoms with Crippen LogP contribution in [-0.2, 0) is 11.2 Å². The molecule has 1 aromatic heterocycles. The van der Waals surface area contributed by atoms with Crippen molar-refractivity contribution >= 4 is 44.3 Å². The Morgan fingerprint density at radius 3 is 2.86 bits per heavy atom. The molecule has 28 heavy (non-hydrogen) atoms. The van der Waals surface area contributed by atoms with Crippen LogP contribution in [0.25, 0.3) is 0 Å². The molecule has 148 valence electrons. The summed E-state index contributed by atoms with van der Waals surface area (Å²) in [5.41, 5.74) is 1.55. The second kappa shape index (κ2) is 7.96. The van der Waals surface area contributed by atoms with Gasteiger partial charge in [-0.2, -0.15) is 0 Å². The summed E-state index contributed by atoms with van der Waals surface area (Å²) >= 11 is 4.90. The lowest BCUT2D eigenvalue weighted by Crippen LogP contribution is -2.29. The van der Waals surface area contributed by atoms with Gasteiger partial charge in [0.05, 0.1) is 18.2 Å². The number of urea groups is 1. The molecule has 3 amide bonds. The number of hydrogen-bond acceptors (Lipinski definition) is 6. The van der Waals surface area contributed by atoms with E-state index in [0.29, 0.717) is 48.6 Å². The van der Waals surface area contributed by atoms with Gasteiger partial charge >= 0.3 is 6.03 Å². The molecule has 2 aliphatic rings. The smallest absolute Gasteiger partial charge is 0.323 e. The lowest BCUT2D eigenvalue weighted by Gasteiger charge is -2.22. The van der Waals surface area contributed by atoms with Gasteiger partial charge in [0.25, 0.3) is 0 Å². The first-order chi connectivity index (χ1) is 13.5. The van der Waals surface area contributed by atoms with Crippen LogP contribution in [-0.4, -0.2) is 43.2 Å². The summed E-state index contributed by atoms with van der Waals surface area (Å²) in [6.07, 6.45) is 0.151. The standard InChI is InChI=1S/C18H19BrN4O4S/c1-10(12-7-14-15(8-13(12)19)27-5-4-26-14)21-16(24)6-11-9-28-18(22-11)23-3-2-20-17(23)25/h7-10H,2-6H2,1H3,(H,20,25)(H,21,24). The average molecular weight is 467 g/mol. The lowest BCUT2D eigenvalue weighted by atomic mass is 10.1. The van der Waals surface area contributed by atoms with Gasteiger partial charge in [-0.15, -0.1) is 11.3 Å². The SMILES string of the molecule is CC(NC(=O)Cc1csc(N2CCNC2=O)n1)c1cc2c(cc1Br)OCCO2. The van der Waals surface area contributed by atoms with E-state index in [1.54, 1.807) is 4.90 Å². The van der Waals surface area contributed by atoms with Crippen molar-refractivity contribution in [2.24, 2.45) is 0 Å². The number of anilines is 1. The van der Waals surface area contributed by atoms with Crippen LogP contribution in [0.15, 0.2) is 22.0 Å². The molecule has 2 aromatic rings. The molecule has 0 radical (unpaired) electrons. The molecule has 0 aliphatic carbocycles. The van der Waals surface area contributed by atoms with E-state index in [0.717, 1.165) is 10.0 Å². The maximum absolute atomic E-state index is 12.5. The molecule has 1 saturated heterocycles. The van der Waals surface area contributed by atoms with E-state index in [1.165, 1.54) is 11.3 Å². The maximum Gasteiger partial charge on any atom is 0.323 e. The zero-order valence-electron chi connectivity index (χ0n) is 15.2. The number of carbonyl (C=O) groups excluding carboxylic acids is 2. The van der Waals surface area contributed by atoms with Gasteiger partial charge < -0.3 is 20.1 Å². The van der Waals surface area contributed by atoms with Crippen LogP contribution in [0.1, 0.15) is 24.2 Å². The van der Waals surface area contributed by atoms with Gasteiger partial charge in [0.1, 0.15) is 13.2 Å². The number of benzene rings is 1. The number of ether oxygens (including phenoxy) is 2. The molecule has 2 aliphatic heterocycles. The van der Waals surface area contributed by atoms with Crippen molar-refractivity contribution in [1.29, 1.82) is 0 Å². The fraction of sp³-hybridized carbons (Fsp3) is 0.389. The highest BCUT2D eigenvalue weighted by atomic mass is 79.9. The minimum Gasteiger partial charge on any atom is -0.486 e. The first-order valence-corrected chi connectivity index (χ1v) is 10.6. The Kier molecular flexibility index (Phi) is 5.40. The Labute approximate surface area is 174 Å². The predicted molar refractivity (Wildman–Crippen MR) is 108 cm³/mol. The number of amides is 3. The molecule has 2 N–H and O–H groups in total. The molecule has 1 unspecified atom stereocenters. The monoisotopic (exact) mass is 466 g/mol. The van der Waals surface area contributed by atoms with Crippen LogP contribution >= 0.6 is 27.3 Å². The fourth-order valence-corrected chi connectivity index (χ4v) is 4.62. The predicted octanol–water partition coefficient (Wildman–Crippen LogP) is 2.63. The third kappa shape index (κ3) is 3.93. The summed E-state index contributed by atoms with van der Waals surface area (Å²) in [5, 5.41) is 8.15. The highest BCUT2D eigenvalue weighted by Gasteiger charge is 2.24. The zero-order chi connectivity index (χ0) is 19.7. The molecule has 8 nitrogen and oxygen atoms in total. The van der Waals surface area contributed by atoms with E-state index in [9.17, 15) is 9.59 Å². The summed E-state index contributed by atoms with van der Waals surface area (Å²) in [4.78, 5) is 30.2. The number of nitrogens with one attached hydrogen (secondary N) is 2. The molecule has 0 saturated carbocycles. The Morgan fingerprint density at radius 1 is 1.39 bits per heavy atom. The molecule has 0 bridgehead atoms.